The van der Waals surface area contributed by atoms with E-state index in [2.05, 4.69) is 9.88 Å². The number of nitrogens with zero attached hydrogens (tertiary/aromatic N) is 2. The van der Waals surface area contributed by atoms with Crippen LogP contribution in [0.15, 0.2) is 53.6 Å². The Hall–Kier alpha value is -2.26. The monoisotopic (exact) mass is 502 g/mol. The lowest BCUT2D eigenvalue weighted by Gasteiger charge is -2.38. The molecule has 1 aliphatic rings. The van der Waals surface area contributed by atoms with Gasteiger partial charge < -0.3 is 19.8 Å². The largest absolute Gasteiger partial charge is 0.497 e. The van der Waals surface area contributed by atoms with Gasteiger partial charge in [0.2, 0.25) is 0 Å². The van der Waals surface area contributed by atoms with E-state index in [0.717, 1.165) is 66.5 Å². The molecule has 1 fully saturated rings. The van der Waals surface area contributed by atoms with Gasteiger partial charge in [0.25, 0.3) is 0 Å². The molecule has 0 aliphatic carbocycles. The first kappa shape index (κ1) is 25.8. The molecule has 4 rings (SSSR count). The Morgan fingerprint density at radius 3 is 2.69 bits per heavy atom. The normalized spacial score (nSPS) is 19.7. The number of benzene rings is 2. The van der Waals surface area contributed by atoms with Crippen LogP contribution in [0.3, 0.4) is 0 Å². The maximum atomic E-state index is 13.4. The molecule has 188 valence electrons. The molecule has 1 unspecified atom stereocenters. The van der Waals surface area contributed by atoms with Gasteiger partial charge in [-0.15, -0.1) is 11.8 Å². The Kier molecular flexibility index (Phi) is 8.94. The van der Waals surface area contributed by atoms with Crippen molar-refractivity contribution in [2.45, 2.75) is 30.3 Å². The Morgan fingerprint density at radius 1 is 1.14 bits per heavy atom. The van der Waals surface area contributed by atoms with E-state index in [-0.39, 0.29) is 12.5 Å². The van der Waals surface area contributed by atoms with Crippen molar-refractivity contribution < 1.29 is 23.7 Å². The molecule has 3 aromatic rings. The fourth-order valence-corrected chi connectivity index (χ4v) is 5.92. The number of ether oxygens (including phenoxy) is 1. The van der Waals surface area contributed by atoms with Crippen LogP contribution < -0.4 is 4.74 Å². The smallest absolute Gasteiger partial charge is 0.127 e. The number of aromatic nitrogens is 1. The van der Waals surface area contributed by atoms with E-state index in [1.54, 1.807) is 13.3 Å². The summed E-state index contributed by atoms with van der Waals surface area (Å²) in [5.74, 6) is 0.806. The third-order valence-electron chi connectivity index (χ3n) is 6.87. The first-order valence-electron chi connectivity index (χ1n) is 12.0. The number of halogens is 2. The quantitative estimate of drug-likeness (QED) is 0.378. The zero-order chi connectivity index (χ0) is 24.8. The average molecular weight is 503 g/mol. The second-order valence-corrected chi connectivity index (χ2v) is 10.3. The number of likely N-dealkylation sites (tertiary alicyclic amines) is 1. The molecule has 3 atom stereocenters. The maximum Gasteiger partial charge on any atom is 0.127 e. The van der Waals surface area contributed by atoms with Crippen molar-refractivity contribution >= 4 is 22.7 Å². The van der Waals surface area contributed by atoms with Crippen molar-refractivity contribution in [1.29, 1.82) is 0 Å². The van der Waals surface area contributed by atoms with Gasteiger partial charge in [-0.3, -0.25) is 4.98 Å². The highest BCUT2D eigenvalue weighted by atomic mass is 32.2. The van der Waals surface area contributed by atoms with Crippen LogP contribution in [-0.4, -0.2) is 59.2 Å². The van der Waals surface area contributed by atoms with Crippen molar-refractivity contribution in [1.82, 2.24) is 9.88 Å². The van der Waals surface area contributed by atoms with Gasteiger partial charge in [0.1, 0.15) is 17.4 Å². The molecular formula is C27H32F2N2O3S. The van der Waals surface area contributed by atoms with Crippen LogP contribution in [0.25, 0.3) is 10.9 Å². The van der Waals surface area contributed by atoms with Crippen LogP contribution in [0.5, 0.6) is 5.75 Å². The maximum absolute atomic E-state index is 13.4. The van der Waals surface area contributed by atoms with E-state index in [0.29, 0.717) is 17.2 Å². The molecule has 0 radical (unpaired) electrons. The first-order valence-corrected chi connectivity index (χ1v) is 13.0. The molecular weight excluding hydrogens is 470 g/mol. The minimum Gasteiger partial charge on any atom is -0.497 e. The minimum atomic E-state index is -0.618. The van der Waals surface area contributed by atoms with E-state index >= 15 is 0 Å². The predicted octanol–water partition coefficient (Wildman–Crippen LogP) is 5.06. The second-order valence-electron chi connectivity index (χ2n) is 9.12. The van der Waals surface area contributed by atoms with E-state index in [1.807, 2.05) is 24.3 Å². The van der Waals surface area contributed by atoms with Crippen LogP contribution in [0, 0.1) is 23.5 Å². The van der Waals surface area contributed by atoms with E-state index in [4.69, 9.17) is 4.74 Å². The lowest BCUT2D eigenvalue weighted by molar-refractivity contribution is 0.0608. The number of fused-ring (bicyclic) bond motifs is 1. The standard InChI is InChI=1S/C27H32F2N2O3S/c1-34-22-3-4-26-25(15-22)24(6-8-30-26)27(33)5-2-18-7-9-31(16-19(18)17-32)10-11-35-23-13-20(28)12-21(29)14-23/h3-4,6,8,12-15,18-19,27,32-33H,2,5,7,9-11,16-17H2,1H3/t18-,19-,27?/m1/s1. The summed E-state index contributed by atoms with van der Waals surface area (Å²) in [7, 11) is 1.62. The molecule has 5 nitrogen and oxygen atoms in total. The topological polar surface area (TPSA) is 65.8 Å². The number of rotatable bonds is 10. The van der Waals surface area contributed by atoms with Gasteiger partial charge in [-0.25, -0.2) is 8.78 Å². The molecule has 0 amide bonds. The number of hydrogen-bond acceptors (Lipinski definition) is 6. The molecule has 2 aromatic carbocycles. The number of piperidine rings is 1. The Labute approximate surface area is 209 Å². The van der Waals surface area contributed by atoms with Gasteiger partial charge in [-0.2, -0.15) is 0 Å². The zero-order valence-corrected chi connectivity index (χ0v) is 20.7. The molecule has 2 N–H and O–H groups in total. The fraction of sp³-hybridized carbons (Fsp3) is 0.444. The highest BCUT2D eigenvalue weighted by Crippen LogP contribution is 2.33. The average Bonchev–Trinajstić information content (AvgIpc) is 2.86. The number of aliphatic hydroxyl groups is 2. The van der Waals surface area contributed by atoms with Gasteiger partial charge in [0.05, 0.1) is 18.7 Å². The molecule has 35 heavy (non-hydrogen) atoms. The van der Waals surface area contributed by atoms with Crippen molar-refractivity contribution in [3.63, 3.8) is 0 Å². The summed E-state index contributed by atoms with van der Waals surface area (Å²) in [6.07, 6.45) is 3.48. The molecule has 8 heteroatoms. The molecule has 1 aliphatic heterocycles. The number of pyridine rings is 1. The Morgan fingerprint density at radius 2 is 1.94 bits per heavy atom. The van der Waals surface area contributed by atoms with Crippen LogP contribution >= 0.6 is 11.8 Å². The van der Waals surface area contributed by atoms with Gasteiger partial charge in [0.15, 0.2) is 0 Å². The summed E-state index contributed by atoms with van der Waals surface area (Å²) in [6, 6.07) is 11.1. The molecule has 0 bridgehead atoms. The number of aliphatic hydroxyl groups excluding tert-OH is 2. The Bertz CT molecular complexity index is 1110. The van der Waals surface area contributed by atoms with E-state index in [1.165, 1.54) is 23.9 Å². The second kappa shape index (κ2) is 12.1. The van der Waals surface area contributed by atoms with Crippen molar-refractivity contribution in [3.8, 4) is 5.75 Å². The van der Waals surface area contributed by atoms with E-state index < -0.39 is 17.7 Å². The van der Waals surface area contributed by atoms with Crippen LogP contribution in [0.1, 0.15) is 30.9 Å². The summed E-state index contributed by atoms with van der Waals surface area (Å²) < 4.78 is 32.1. The molecule has 0 spiro atoms. The van der Waals surface area contributed by atoms with Crippen LogP contribution in [-0.2, 0) is 0 Å². The van der Waals surface area contributed by atoms with Crippen LogP contribution in [0.2, 0.25) is 0 Å². The fourth-order valence-electron chi connectivity index (χ4n) is 4.94. The van der Waals surface area contributed by atoms with Crippen LogP contribution in [0.4, 0.5) is 8.78 Å². The summed E-state index contributed by atoms with van der Waals surface area (Å²) in [4.78, 5) is 7.29. The van der Waals surface area contributed by atoms with Gasteiger partial charge in [0, 0.05) is 48.0 Å². The Balaban J connectivity index is 1.29. The SMILES string of the molecule is COc1ccc2nccc(C(O)CC[C@@H]3CCN(CCSc4cc(F)cc(F)c4)C[C@@H]3CO)c2c1. The lowest BCUT2D eigenvalue weighted by atomic mass is 9.81. The van der Waals surface area contributed by atoms with E-state index in [9.17, 15) is 19.0 Å². The van der Waals surface area contributed by atoms with Crippen molar-refractivity contribution in [2.75, 3.05) is 39.1 Å². The number of methoxy groups -OCH3 is 1. The lowest BCUT2D eigenvalue weighted by Crippen LogP contribution is -2.43. The molecule has 0 saturated carbocycles. The first-order chi connectivity index (χ1) is 17.0. The third kappa shape index (κ3) is 6.70. The summed E-state index contributed by atoms with van der Waals surface area (Å²) >= 11 is 1.44. The van der Waals surface area contributed by atoms with Crippen molar-refractivity contribution in [2.24, 2.45) is 11.8 Å². The third-order valence-corrected chi connectivity index (χ3v) is 7.83. The summed E-state index contributed by atoms with van der Waals surface area (Å²) in [5.41, 5.74) is 1.67. The summed E-state index contributed by atoms with van der Waals surface area (Å²) in [5, 5.41) is 21.9. The summed E-state index contributed by atoms with van der Waals surface area (Å²) in [6.45, 7) is 2.59. The van der Waals surface area contributed by atoms with Gasteiger partial charge >= 0.3 is 0 Å². The number of hydrogen-bond donors (Lipinski definition) is 2. The highest BCUT2D eigenvalue weighted by Gasteiger charge is 2.29. The predicted molar refractivity (Wildman–Crippen MR) is 135 cm³/mol. The van der Waals surface area contributed by atoms with Crippen molar-refractivity contribution in [3.05, 3.63) is 65.9 Å². The van der Waals surface area contributed by atoms with Gasteiger partial charge in [-0.05, 0) is 79.6 Å². The minimum absolute atomic E-state index is 0.106. The van der Waals surface area contributed by atoms with Gasteiger partial charge in [-0.1, -0.05) is 0 Å². The molecule has 1 saturated heterocycles. The zero-order valence-electron chi connectivity index (χ0n) is 19.9. The highest BCUT2D eigenvalue weighted by molar-refractivity contribution is 7.99. The number of thioether (sulfide) groups is 1. The molecule has 1 aromatic heterocycles. The molecule has 2 heterocycles.